The SMILES string of the molecule is CC(C)C[C@@H](CO)Nc1ncnc2c1ncn2[C@@H]1O[C@H](CO)C(O)[C@@H]1O. The van der Waals surface area contributed by atoms with Crippen LogP contribution >= 0.6 is 0 Å². The summed E-state index contributed by atoms with van der Waals surface area (Å²) in [4.78, 5) is 12.7. The molecule has 5 atom stereocenters. The molecule has 0 bridgehead atoms. The summed E-state index contributed by atoms with van der Waals surface area (Å²) in [6, 6.07) is -0.174. The molecule has 1 aliphatic heterocycles. The number of aromatic nitrogens is 4. The Labute approximate surface area is 150 Å². The van der Waals surface area contributed by atoms with Crippen LogP contribution in [0.15, 0.2) is 12.7 Å². The number of rotatable bonds is 7. The van der Waals surface area contributed by atoms with E-state index in [4.69, 9.17) is 4.74 Å². The van der Waals surface area contributed by atoms with Crippen molar-refractivity contribution in [1.29, 1.82) is 0 Å². The highest BCUT2D eigenvalue weighted by Crippen LogP contribution is 2.32. The average molecular weight is 367 g/mol. The second kappa shape index (κ2) is 7.80. The van der Waals surface area contributed by atoms with Crippen molar-refractivity contribution in [3.8, 4) is 0 Å². The first-order valence-electron chi connectivity index (χ1n) is 8.63. The Morgan fingerprint density at radius 1 is 1.19 bits per heavy atom. The molecule has 10 heteroatoms. The van der Waals surface area contributed by atoms with Crippen LogP contribution in [0.1, 0.15) is 26.5 Å². The van der Waals surface area contributed by atoms with Gasteiger partial charge in [-0.05, 0) is 12.3 Å². The van der Waals surface area contributed by atoms with Crippen LogP contribution < -0.4 is 5.32 Å². The lowest BCUT2D eigenvalue weighted by Gasteiger charge is -2.19. The molecule has 0 aromatic carbocycles. The molecule has 2 aromatic heterocycles. The first kappa shape index (κ1) is 18.9. The van der Waals surface area contributed by atoms with E-state index < -0.39 is 31.1 Å². The Morgan fingerprint density at radius 2 is 1.96 bits per heavy atom. The maximum absolute atomic E-state index is 10.2. The number of nitrogens with zero attached hydrogens (tertiary/aromatic N) is 4. The number of ether oxygens (including phenoxy) is 1. The number of aliphatic hydroxyl groups is 4. The molecule has 1 saturated heterocycles. The summed E-state index contributed by atoms with van der Waals surface area (Å²) in [7, 11) is 0. The summed E-state index contributed by atoms with van der Waals surface area (Å²) >= 11 is 0. The van der Waals surface area contributed by atoms with Crippen LogP contribution in [0.5, 0.6) is 0 Å². The lowest BCUT2D eigenvalue weighted by atomic mass is 10.0. The van der Waals surface area contributed by atoms with Crippen LogP contribution in [0, 0.1) is 5.92 Å². The minimum atomic E-state index is -1.22. The summed E-state index contributed by atoms with van der Waals surface area (Å²) in [5, 5.41) is 42.2. The molecule has 3 heterocycles. The van der Waals surface area contributed by atoms with Crippen LogP contribution in [0.4, 0.5) is 5.82 Å². The molecule has 5 N–H and O–H groups in total. The Bertz CT molecular complexity index is 739. The second-order valence-corrected chi connectivity index (χ2v) is 6.93. The third-order valence-corrected chi connectivity index (χ3v) is 4.47. The van der Waals surface area contributed by atoms with Crippen molar-refractivity contribution in [1.82, 2.24) is 19.5 Å². The molecule has 0 amide bonds. The van der Waals surface area contributed by atoms with Crippen molar-refractivity contribution in [3.05, 3.63) is 12.7 Å². The highest BCUT2D eigenvalue weighted by Gasteiger charge is 2.44. The Hall–Kier alpha value is -1.85. The van der Waals surface area contributed by atoms with E-state index in [9.17, 15) is 20.4 Å². The molecule has 3 rings (SSSR count). The first-order valence-corrected chi connectivity index (χ1v) is 8.63. The quantitative estimate of drug-likeness (QED) is 0.427. The first-order chi connectivity index (χ1) is 12.5. The van der Waals surface area contributed by atoms with E-state index in [1.165, 1.54) is 17.2 Å². The van der Waals surface area contributed by atoms with Crippen LogP contribution in [0.2, 0.25) is 0 Å². The van der Waals surface area contributed by atoms with Gasteiger partial charge in [-0.1, -0.05) is 13.8 Å². The van der Waals surface area contributed by atoms with Gasteiger partial charge < -0.3 is 30.5 Å². The smallest absolute Gasteiger partial charge is 0.167 e. The maximum atomic E-state index is 10.2. The molecule has 0 spiro atoms. The summed E-state index contributed by atoms with van der Waals surface area (Å²) in [6.07, 6.45) is -0.656. The van der Waals surface area contributed by atoms with Gasteiger partial charge in [0.25, 0.3) is 0 Å². The largest absolute Gasteiger partial charge is 0.394 e. The molecule has 26 heavy (non-hydrogen) atoms. The lowest BCUT2D eigenvalue weighted by Crippen LogP contribution is -2.33. The van der Waals surface area contributed by atoms with Crippen LogP contribution in [-0.4, -0.2) is 77.5 Å². The van der Waals surface area contributed by atoms with E-state index in [0.29, 0.717) is 22.9 Å². The number of aliphatic hydroxyl groups excluding tert-OH is 4. The van der Waals surface area contributed by atoms with E-state index in [-0.39, 0.29) is 12.6 Å². The molecular weight excluding hydrogens is 342 g/mol. The number of anilines is 1. The summed E-state index contributed by atoms with van der Waals surface area (Å²) in [5.41, 5.74) is 0.881. The molecular formula is C16H25N5O5. The average Bonchev–Trinajstić information content (AvgIpc) is 3.16. The molecule has 0 aliphatic carbocycles. The van der Waals surface area contributed by atoms with Gasteiger partial charge in [-0.2, -0.15) is 0 Å². The van der Waals surface area contributed by atoms with Crippen molar-refractivity contribution in [2.45, 2.75) is 50.8 Å². The zero-order chi connectivity index (χ0) is 18.8. The molecule has 1 fully saturated rings. The van der Waals surface area contributed by atoms with Crippen molar-refractivity contribution < 1.29 is 25.2 Å². The fourth-order valence-corrected chi connectivity index (χ4v) is 3.20. The van der Waals surface area contributed by atoms with E-state index in [0.717, 1.165) is 6.42 Å². The number of hydrogen-bond acceptors (Lipinski definition) is 9. The van der Waals surface area contributed by atoms with Crippen molar-refractivity contribution in [2.24, 2.45) is 5.92 Å². The van der Waals surface area contributed by atoms with Gasteiger partial charge in [0, 0.05) is 0 Å². The zero-order valence-electron chi connectivity index (χ0n) is 14.7. The van der Waals surface area contributed by atoms with Gasteiger partial charge >= 0.3 is 0 Å². The number of fused-ring (bicyclic) bond motifs is 1. The monoisotopic (exact) mass is 367 g/mol. The molecule has 1 aliphatic rings. The molecule has 0 radical (unpaired) electrons. The predicted molar refractivity (Wildman–Crippen MR) is 92.3 cm³/mol. The van der Waals surface area contributed by atoms with Gasteiger partial charge in [0.05, 0.1) is 25.6 Å². The molecule has 10 nitrogen and oxygen atoms in total. The zero-order valence-corrected chi connectivity index (χ0v) is 14.7. The molecule has 0 saturated carbocycles. The third-order valence-electron chi connectivity index (χ3n) is 4.47. The standard InChI is InChI=1S/C16H25N5O5/c1-8(2)3-9(4-22)20-14-11-15(18-6-17-14)21(7-19-11)16-13(25)12(24)10(5-23)26-16/h6-10,12-13,16,22-25H,3-5H2,1-2H3,(H,17,18,20)/t9-,10+,12?,13-,16+/m0/s1. The molecule has 2 aromatic rings. The van der Waals surface area contributed by atoms with Crippen molar-refractivity contribution in [3.63, 3.8) is 0 Å². The van der Waals surface area contributed by atoms with Crippen LogP contribution in [0.25, 0.3) is 11.2 Å². The van der Waals surface area contributed by atoms with Gasteiger partial charge in [0.1, 0.15) is 24.6 Å². The van der Waals surface area contributed by atoms with E-state index in [1.54, 1.807) is 0 Å². The van der Waals surface area contributed by atoms with E-state index in [2.05, 4.69) is 34.1 Å². The Morgan fingerprint density at radius 3 is 2.58 bits per heavy atom. The highest BCUT2D eigenvalue weighted by atomic mass is 16.6. The predicted octanol–water partition coefficient (Wildman–Crippen LogP) is -0.743. The topological polar surface area (TPSA) is 146 Å². The molecule has 1 unspecified atom stereocenters. The normalized spacial score (nSPS) is 27.3. The van der Waals surface area contributed by atoms with E-state index in [1.807, 2.05) is 0 Å². The summed E-state index contributed by atoms with van der Waals surface area (Å²) in [5.74, 6) is 0.869. The molecule has 144 valence electrons. The van der Waals surface area contributed by atoms with Gasteiger partial charge in [-0.3, -0.25) is 4.57 Å². The van der Waals surface area contributed by atoms with Crippen molar-refractivity contribution >= 4 is 17.0 Å². The van der Waals surface area contributed by atoms with Gasteiger partial charge in [0.2, 0.25) is 0 Å². The van der Waals surface area contributed by atoms with Gasteiger partial charge in [-0.25, -0.2) is 15.0 Å². The fraction of sp³-hybridized carbons (Fsp3) is 0.688. The summed E-state index contributed by atoms with van der Waals surface area (Å²) in [6.45, 7) is 3.68. The number of nitrogens with one attached hydrogen (secondary N) is 1. The van der Waals surface area contributed by atoms with Gasteiger partial charge in [-0.15, -0.1) is 0 Å². The fourth-order valence-electron chi connectivity index (χ4n) is 3.20. The number of hydrogen-bond donors (Lipinski definition) is 5. The number of imidazole rings is 1. The third kappa shape index (κ3) is 3.51. The van der Waals surface area contributed by atoms with Gasteiger partial charge in [0.15, 0.2) is 23.2 Å². The van der Waals surface area contributed by atoms with Crippen molar-refractivity contribution in [2.75, 3.05) is 18.5 Å². The minimum Gasteiger partial charge on any atom is -0.394 e. The minimum absolute atomic E-state index is 0.0425. The maximum Gasteiger partial charge on any atom is 0.167 e. The second-order valence-electron chi connectivity index (χ2n) is 6.93. The lowest BCUT2D eigenvalue weighted by molar-refractivity contribution is -0.0511. The Balaban J connectivity index is 1.89. The van der Waals surface area contributed by atoms with Crippen LogP contribution in [-0.2, 0) is 4.74 Å². The Kier molecular flexibility index (Phi) is 5.68. The van der Waals surface area contributed by atoms with E-state index >= 15 is 0 Å². The summed E-state index contributed by atoms with van der Waals surface area (Å²) < 4.78 is 7.04. The van der Waals surface area contributed by atoms with Crippen LogP contribution in [0.3, 0.4) is 0 Å². The highest BCUT2D eigenvalue weighted by molar-refractivity contribution is 5.82.